The lowest BCUT2D eigenvalue weighted by Gasteiger charge is -2.25. The fraction of sp³-hybridized carbons (Fsp3) is 0.421. The molecule has 144 valence electrons. The van der Waals surface area contributed by atoms with Gasteiger partial charge in [0.25, 0.3) is 5.91 Å². The molecule has 2 atom stereocenters. The van der Waals surface area contributed by atoms with Crippen LogP contribution in [0, 0.1) is 0 Å². The van der Waals surface area contributed by atoms with E-state index in [2.05, 4.69) is 15.3 Å². The van der Waals surface area contributed by atoms with Crippen LogP contribution in [0.25, 0.3) is 5.69 Å². The van der Waals surface area contributed by atoms with Crippen molar-refractivity contribution in [1.29, 1.82) is 0 Å². The molecule has 1 saturated heterocycles. The van der Waals surface area contributed by atoms with Crippen molar-refractivity contribution in [1.82, 2.24) is 20.0 Å². The number of nitrogens with one attached hydrogen (secondary N) is 1. The van der Waals surface area contributed by atoms with Gasteiger partial charge < -0.3 is 10.1 Å². The van der Waals surface area contributed by atoms with E-state index >= 15 is 0 Å². The maximum absolute atomic E-state index is 12.6. The van der Waals surface area contributed by atoms with E-state index in [0.717, 1.165) is 18.5 Å². The minimum absolute atomic E-state index is 0.145. The molecule has 8 heteroatoms. The van der Waals surface area contributed by atoms with Crippen LogP contribution in [0.4, 0.5) is 0 Å². The molecule has 0 bridgehead atoms. The molecule has 1 aliphatic rings. The predicted octanol–water partition coefficient (Wildman–Crippen LogP) is 2.28. The standard InChI is InChI=1S/C19H23ClN4O3/c1-23-13(11-18(25)27-2)4-5-15(23)12-21-19(26)16-10-14(6-7-17(16)20)24-9-3-8-22-24/h3,6-10,13,15H,4-5,11-12H2,1-2H3,(H,21,26)/t13-,15+/m1/s1. The molecule has 1 aliphatic heterocycles. The van der Waals surface area contributed by atoms with Crippen LogP contribution < -0.4 is 5.32 Å². The zero-order valence-corrected chi connectivity index (χ0v) is 16.1. The van der Waals surface area contributed by atoms with Crippen molar-refractivity contribution in [2.45, 2.75) is 31.3 Å². The first kappa shape index (κ1) is 19.4. The molecule has 2 aromatic rings. The number of carbonyl (C=O) groups is 2. The van der Waals surface area contributed by atoms with E-state index < -0.39 is 0 Å². The van der Waals surface area contributed by atoms with E-state index in [9.17, 15) is 9.59 Å². The number of aromatic nitrogens is 2. The van der Waals surface area contributed by atoms with Gasteiger partial charge in [-0.25, -0.2) is 4.68 Å². The number of amides is 1. The van der Waals surface area contributed by atoms with E-state index in [1.165, 1.54) is 7.11 Å². The second-order valence-corrected chi connectivity index (χ2v) is 7.06. The molecule has 1 aromatic heterocycles. The number of likely N-dealkylation sites (tertiary alicyclic amines) is 1. The maximum Gasteiger partial charge on any atom is 0.307 e. The van der Waals surface area contributed by atoms with Gasteiger partial charge in [0.2, 0.25) is 0 Å². The molecule has 0 unspecified atom stereocenters. The Kier molecular flexibility index (Phi) is 6.13. The Balaban J connectivity index is 1.61. The number of esters is 1. The number of ether oxygens (including phenoxy) is 1. The minimum atomic E-state index is -0.223. The number of benzene rings is 1. The summed E-state index contributed by atoms with van der Waals surface area (Å²) >= 11 is 6.22. The van der Waals surface area contributed by atoms with E-state index in [1.807, 2.05) is 19.2 Å². The molecule has 7 nitrogen and oxygen atoms in total. The summed E-state index contributed by atoms with van der Waals surface area (Å²) in [5, 5.41) is 7.53. The highest BCUT2D eigenvalue weighted by molar-refractivity contribution is 6.33. The molecule has 2 heterocycles. The number of hydrogen-bond acceptors (Lipinski definition) is 5. The predicted molar refractivity (Wildman–Crippen MR) is 102 cm³/mol. The summed E-state index contributed by atoms with van der Waals surface area (Å²) in [6, 6.07) is 7.37. The Bertz CT molecular complexity index is 809. The highest BCUT2D eigenvalue weighted by Gasteiger charge is 2.32. The van der Waals surface area contributed by atoms with E-state index in [0.29, 0.717) is 23.6 Å². The molecule has 0 spiro atoms. The third-order valence-electron chi connectivity index (χ3n) is 5.08. The summed E-state index contributed by atoms with van der Waals surface area (Å²) in [5.74, 6) is -0.433. The van der Waals surface area contributed by atoms with Gasteiger partial charge in [-0.15, -0.1) is 0 Å². The van der Waals surface area contributed by atoms with Gasteiger partial charge in [0.05, 0.1) is 29.8 Å². The fourth-order valence-corrected chi connectivity index (χ4v) is 3.62. The largest absolute Gasteiger partial charge is 0.469 e. The van der Waals surface area contributed by atoms with Crippen molar-refractivity contribution in [3.63, 3.8) is 0 Å². The van der Waals surface area contributed by atoms with Crippen molar-refractivity contribution in [3.8, 4) is 5.69 Å². The third kappa shape index (κ3) is 4.48. The molecule has 0 radical (unpaired) electrons. The Labute approximate surface area is 163 Å². The summed E-state index contributed by atoms with van der Waals surface area (Å²) in [6.07, 6.45) is 5.67. The van der Waals surface area contributed by atoms with Gasteiger partial charge in [-0.05, 0) is 44.2 Å². The van der Waals surface area contributed by atoms with Crippen molar-refractivity contribution < 1.29 is 14.3 Å². The summed E-state index contributed by atoms with van der Waals surface area (Å²) in [6.45, 7) is 0.495. The van der Waals surface area contributed by atoms with Gasteiger partial charge in [-0.2, -0.15) is 5.10 Å². The maximum atomic E-state index is 12.6. The molecule has 1 fully saturated rings. The van der Waals surface area contributed by atoms with Crippen LogP contribution >= 0.6 is 11.6 Å². The highest BCUT2D eigenvalue weighted by Crippen LogP contribution is 2.25. The average molecular weight is 391 g/mol. The van der Waals surface area contributed by atoms with E-state index in [-0.39, 0.29) is 24.0 Å². The van der Waals surface area contributed by atoms with Gasteiger partial charge in [-0.1, -0.05) is 11.6 Å². The van der Waals surface area contributed by atoms with Crippen molar-refractivity contribution in [2.24, 2.45) is 0 Å². The van der Waals surface area contributed by atoms with Crippen LogP contribution in [-0.4, -0.2) is 59.3 Å². The Hall–Kier alpha value is -2.38. The number of hydrogen-bond donors (Lipinski definition) is 1. The molecule has 3 rings (SSSR count). The molecule has 0 saturated carbocycles. The molecule has 0 aliphatic carbocycles. The first-order chi connectivity index (χ1) is 13.0. The van der Waals surface area contributed by atoms with E-state index in [4.69, 9.17) is 16.3 Å². The molecular weight excluding hydrogens is 368 g/mol. The number of likely N-dealkylation sites (N-methyl/N-ethyl adjacent to an activating group) is 1. The van der Waals surface area contributed by atoms with Crippen molar-refractivity contribution >= 4 is 23.5 Å². The van der Waals surface area contributed by atoms with Crippen LogP contribution in [-0.2, 0) is 9.53 Å². The Morgan fingerprint density at radius 2 is 2.11 bits per heavy atom. The number of nitrogens with zero attached hydrogens (tertiary/aromatic N) is 3. The lowest BCUT2D eigenvalue weighted by atomic mass is 10.1. The summed E-state index contributed by atoms with van der Waals surface area (Å²) < 4.78 is 6.43. The zero-order valence-electron chi connectivity index (χ0n) is 15.4. The second-order valence-electron chi connectivity index (χ2n) is 6.66. The van der Waals surface area contributed by atoms with Gasteiger partial charge in [-0.3, -0.25) is 14.5 Å². The number of rotatable bonds is 6. The zero-order chi connectivity index (χ0) is 19.4. The molecule has 1 amide bonds. The summed E-state index contributed by atoms with van der Waals surface area (Å²) in [7, 11) is 3.37. The monoisotopic (exact) mass is 390 g/mol. The van der Waals surface area contributed by atoms with Crippen LogP contribution in [0.5, 0.6) is 0 Å². The quantitative estimate of drug-likeness (QED) is 0.766. The van der Waals surface area contributed by atoms with Crippen molar-refractivity contribution in [3.05, 3.63) is 47.2 Å². The van der Waals surface area contributed by atoms with Crippen LogP contribution in [0.15, 0.2) is 36.7 Å². The topological polar surface area (TPSA) is 76.5 Å². The molecular formula is C19H23ClN4O3. The Morgan fingerprint density at radius 1 is 1.33 bits per heavy atom. The highest BCUT2D eigenvalue weighted by atomic mass is 35.5. The van der Waals surface area contributed by atoms with Gasteiger partial charge in [0.15, 0.2) is 0 Å². The first-order valence-corrected chi connectivity index (χ1v) is 9.24. The normalized spacial score (nSPS) is 19.8. The number of halogens is 1. The third-order valence-corrected chi connectivity index (χ3v) is 5.41. The lowest BCUT2D eigenvalue weighted by molar-refractivity contribution is -0.141. The van der Waals surface area contributed by atoms with E-state index in [1.54, 1.807) is 29.2 Å². The fourth-order valence-electron chi connectivity index (χ4n) is 3.42. The average Bonchev–Trinajstić information content (AvgIpc) is 3.31. The van der Waals surface area contributed by atoms with Crippen LogP contribution in [0.3, 0.4) is 0 Å². The summed E-state index contributed by atoms with van der Waals surface area (Å²) in [4.78, 5) is 26.3. The van der Waals surface area contributed by atoms with Gasteiger partial charge in [0, 0.05) is 31.0 Å². The number of carbonyl (C=O) groups excluding carboxylic acids is 2. The second kappa shape index (κ2) is 8.54. The van der Waals surface area contributed by atoms with Crippen molar-refractivity contribution in [2.75, 3.05) is 20.7 Å². The lowest BCUT2D eigenvalue weighted by Crippen LogP contribution is -2.41. The SMILES string of the molecule is COC(=O)C[C@H]1CC[C@@H](CNC(=O)c2cc(-n3cccn3)ccc2Cl)N1C. The molecule has 1 N–H and O–H groups in total. The van der Waals surface area contributed by atoms with Gasteiger partial charge in [0.1, 0.15) is 0 Å². The smallest absolute Gasteiger partial charge is 0.307 e. The molecule has 1 aromatic carbocycles. The van der Waals surface area contributed by atoms with Crippen LogP contribution in [0.1, 0.15) is 29.6 Å². The first-order valence-electron chi connectivity index (χ1n) is 8.86. The van der Waals surface area contributed by atoms with Gasteiger partial charge >= 0.3 is 5.97 Å². The molecule has 27 heavy (non-hydrogen) atoms. The van der Waals surface area contributed by atoms with Crippen LogP contribution in [0.2, 0.25) is 5.02 Å². The number of methoxy groups -OCH3 is 1. The summed E-state index contributed by atoms with van der Waals surface area (Å²) in [5.41, 5.74) is 1.18. The minimum Gasteiger partial charge on any atom is -0.469 e. The Morgan fingerprint density at radius 3 is 2.81 bits per heavy atom.